The van der Waals surface area contributed by atoms with E-state index in [-0.39, 0.29) is 23.4 Å². The summed E-state index contributed by atoms with van der Waals surface area (Å²) in [5.41, 5.74) is 1.41. The molecule has 2 aromatic rings. The molecule has 3 rings (SSSR count). The number of hydrogen-bond acceptors (Lipinski definition) is 7. The van der Waals surface area contributed by atoms with Gasteiger partial charge in [0.1, 0.15) is 19.0 Å². The molecular weight excluding hydrogens is 449 g/mol. The van der Waals surface area contributed by atoms with Gasteiger partial charge in [0.05, 0.1) is 18.1 Å². The molecule has 9 heteroatoms. The number of carbonyl (C=O) groups is 3. The molecule has 1 atom stereocenters. The van der Waals surface area contributed by atoms with Crippen molar-refractivity contribution in [2.75, 3.05) is 13.7 Å². The van der Waals surface area contributed by atoms with Crippen LogP contribution in [0, 0.1) is 5.82 Å². The van der Waals surface area contributed by atoms with Gasteiger partial charge in [-0.2, -0.15) is 0 Å². The summed E-state index contributed by atoms with van der Waals surface area (Å²) in [6.45, 7) is 3.41. The van der Waals surface area contributed by atoms with E-state index in [4.69, 9.17) is 14.2 Å². The van der Waals surface area contributed by atoms with Gasteiger partial charge < -0.3 is 14.2 Å². The number of carbonyl (C=O) groups excluding carboxylic acids is 3. The zero-order chi connectivity index (χ0) is 24.0. The normalized spacial score (nSPS) is 15.6. The first kappa shape index (κ1) is 24.3. The lowest BCUT2D eigenvalue weighted by atomic mass is 10.1. The molecule has 2 amide bonds. The van der Waals surface area contributed by atoms with Gasteiger partial charge in [-0.3, -0.25) is 19.3 Å². The van der Waals surface area contributed by atoms with Crippen molar-refractivity contribution in [3.8, 4) is 11.5 Å². The Hall–Kier alpha value is -3.33. The highest BCUT2D eigenvalue weighted by atomic mass is 32.2. The second-order valence-corrected chi connectivity index (χ2v) is 8.30. The van der Waals surface area contributed by atoms with Gasteiger partial charge in [0.2, 0.25) is 0 Å². The van der Waals surface area contributed by atoms with Crippen molar-refractivity contribution in [2.24, 2.45) is 0 Å². The minimum absolute atomic E-state index is 0.193. The molecule has 1 heterocycles. The maximum atomic E-state index is 13.0. The summed E-state index contributed by atoms with van der Waals surface area (Å²) in [4.78, 5) is 37.9. The van der Waals surface area contributed by atoms with E-state index < -0.39 is 23.7 Å². The average molecular weight is 474 g/mol. The summed E-state index contributed by atoms with van der Waals surface area (Å²) in [5.74, 6) is -0.599. The van der Waals surface area contributed by atoms with Crippen LogP contribution < -0.4 is 9.47 Å². The molecule has 2 aromatic carbocycles. The van der Waals surface area contributed by atoms with Gasteiger partial charge in [0.15, 0.2) is 11.5 Å². The molecule has 7 nitrogen and oxygen atoms in total. The predicted octanol–water partition coefficient (Wildman–Crippen LogP) is 4.79. The van der Waals surface area contributed by atoms with E-state index >= 15 is 0 Å². The van der Waals surface area contributed by atoms with Crippen LogP contribution in [0.25, 0.3) is 6.08 Å². The maximum Gasteiger partial charge on any atom is 0.326 e. The SMILES string of the molecule is CC[C@@H](C)OC(=O)CN1C(=O)S/C(=C\c2ccc(OCc3ccc(F)cc3)c(OC)c2)C1=O. The van der Waals surface area contributed by atoms with E-state index in [2.05, 4.69) is 0 Å². The fraction of sp³-hybridized carbons (Fsp3) is 0.292. The van der Waals surface area contributed by atoms with Gasteiger partial charge in [0.25, 0.3) is 11.1 Å². The number of halogens is 1. The van der Waals surface area contributed by atoms with Crippen molar-refractivity contribution in [3.05, 3.63) is 64.3 Å². The molecule has 174 valence electrons. The van der Waals surface area contributed by atoms with E-state index in [1.165, 1.54) is 19.2 Å². The maximum absolute atomic E-state index is 13.0. The van der Waals surface area contributed by atoms with Crippen molar-refractivity contribution in [3.63, 3.8) is 0 Å². The molecule has 1 aliphatic heterocycles. The highest BCUT2D eigenvalue weighted by molar-refractivity contribution is 8.18. The Bertz CT molecular complexity index is 1070. The summed E-state index contributed by atoms with van der Waals surface area (Å²) < 4.78 is 29.3. The quantitative estimate of drug-likeness (QED) is 0.382. The predicted molar refractivity (Wildman–Crippen MR) is 122 cm³/mol. The highest BCUT2D eigenvalue weighted by Gasteiger charge is 2.36. The molecule has 0 N–H and O–H groups in total. The van der Waals surface area contributed by atoms with Crippen LogP contribution in [0.1, 0.15) is 31.4 Å². The smallest absolute Gasteiger partial charge is 0.326 e. The average Bonchev–Trinajstić information content (AvgIpc) is 3.06. The second-order valence-electron chi connectivity index (χ2n) is 7.30. The monoisotopic (exact) mass is 473 g/mol. The Morgan fingerprint density at radius 1 is 1.15 bits per heavy atom. The first-order valence-corrected chi connectivity index (χ1v) is 11.1. The lowest BCUT2D eigenvalue weighted by molar-refractivity contribution is -0.150. The standard InChI is InChI=1S/C24H24FNO6S/c1-4-15(2)32-22(27)13-26-23(28)21(33-24(26)29)12-17-7-10-19(20(11-17)30-3)31-14-16-5-8-18(25)9-6-16/h5-12,15H,4,13-14H2,1-3H3/b21-12-/t15-/m1/s1. The van der Waals surface area contributed by atoms with Crippen molar-refractivity contribution in [1.29, 1.82) is 0 Å². The first-order chi connectivity index (χ1) is 15.8. The Kier molecular flexibility index (Phi) is 8.11. The number of amides is 2. The Morgan fingerprint density at radius 3 is 2.55 bits per heavy atom. The van der Waals surface area contributed by atoms with Crippen LogP contribution in [0.2, 0.25) is 0 Å². The molecule has 0 aliphatic carbocycles. The summed E-state index contributed by atoms with van der Waals surface area (Å²) in [6, 6.07) is 11.0. The third-order valence-corrected chi connectivity index (χ3v) is 5.77. The molecule has 1 saturated heterocycles. The van der Waals surface area contributed by atoms with Gasteiger partial charge >= 0.3 is 5.97 Å². The van der Waals surface area contributed by atoms with Crippen LogP contribution in [0.15, 0.2) is 47.4 Å². The molecule has 0 radical (unpaired) electrons. The number of methoxy groups -OCH3 is 1. The van der Waals surface area contributed by atoms with Crippen molar-refractivity contribution in [2.45, 2.75) is 33.0 Å². The van der Waals surface area contributed by atoms with Crippen LogP contribution in [-0.4, -0.2) is 41.8 Å². The molecule has 0 spiro atoms. The first-order valence-electron chi connectivity index (χ1n) is 10.3. The van der Waals surface area contributed by atoms with Gasteiger partial charge in [-0.25, -0.2) is 4.39 Å². The van der Waals surface area contributed by atoms with Crippen LogP contribution in [-0.2, 0) is 20.9 Å². The number of ether oxygens (including phenoxy) is 3. The third-order valence-electron chi connectivity index (χ3n) is 4.86. The summed E-state index contributed by atoms with van der Waals surface area (Å²) in [5, 5.41) is -0.529. The number of nitrogens with zero attached hydrogens (tertiary/aromatic N) is 1. The number of imide groups is 1. The molecule has 33 heavy (non-hydrogen) atoms. The highest BCUT2D eigenvalue weighted by Crippen LogP contribution is 2.34. The summed E-state index contributed by atoms with van der Waals surface area (Å²) in [6.07, 6.45) is 1.90. The Balaban J connectivity index is 1.69. The third kappa shape index (κ3) is 6.35. The molecule has 0 bridgehead atoms. The molecule has 1 fully saturated rings. The number of benzene rings is 2. The zero-order valence-corrected chi connectivity index (χ0v) is 19.3. The topological polar surface area (TPSA) is 82.1 Å². The number of thioether (sulfide) groups is 1. The van der Waals surface area contributed by atoms with E-state index in [1.54, 1.807) is 43.3 Å². The molecular formula is C24H24FNO6S. The summed E-state index contributed by atoms with van der Waals surface area (Å²) in [7, 11) is 1.49. The van der Waals surface area contributed by atoms with Gasteiger partial charge in [-0.05, 0) is 66.6 Å². The van der Waals surface area contributed by atoms with Crippen molar-refractivity contribution >= 4 is 35.0 Å². The van der Waals surface area contributed by atoms with Crippen molar-refractivity contribution < 1.29 is 33.0 Å². The Labute approximate surface area is 195 Å². The van der Waals surface area contributed by atoms with Gasteiger partial charge in [0, 0.05) is 0 Å². The van der Waals surface area contributed by atoms with Crippen LogP contribution in [0.4, 0.5) is 9.18 Å². The van der Waals surface area contributed by atoms with Gasteiger partial charge in [-0.1, -0.05) is 25.1 Å². The van der Waals surface area contributed by atoms with Crippen molar-refractivity contribution in [1.82, 2.24) is 4.90 Å². The van der Waals surface area contributed by atoms with E-state index in [0.717, 1.165) is 22.2 Å². The molecule has 0 aromatic heterocycles. The van der Waals surface area contributed by atoms with Crippen LogP contribution in [0.5, 0.6) is 11.5 Å². The largest absolute Gasteiger partial charge is 0.493 e. The molecule has 0 saturated carbocycles. The van der Waals surface area contributed by atoms with Crippen LogP contribution >= 0.6 is 11.8 Å². The van der Waals surface area contributed by atoms with E-state index in [1.807, 2.05) is 6.92 Å². The second kappa shape index (κ2) is 11.0. The minimum Gasteiger partial charge on any atom is -0.493 e. The van der Waals surface area contributed by atoms with E-state index in [0.29, 0.717) is 23.5 Å². The van der Waals surface area contributed by atoms with E-state index in [9.17, 15) is 18.8 Å². The lowest BCUT2D eigenvalue weighted by Gasteiger charge is -2.14. The molecule has 1 aliphatic rings. The Morgan fingerprint density at radius 2 is 1.88 bits per heavy atom. The van der Waals surface area contributed by atoms with Gasteiger partial charge in [-0.15, -0.1) is 0 Å². The summed E-state index contributed by atoms with van der Waals surface area (Å²) >= 11 is 0.758. The molecule has 0 unspecified atom stereocenters. The number of esters is 1. The number of rotatable bonds is 9. The minimum atomic E-state index is -0.628. The number of hydrogen-bond donors (Lipinski definition) is 0. The van der Waals surface area contributed by atoms with Crippen LogP contribution in [0.3, 0.4) is 0 Å². The fourth-order valence-electron chi connectivity index (χ4n) is 2.90. The lowest BCUT2D eigenvalue weighted by Crippen LogP contribution is -2.35. The fourth-order valence-corrected chi connectivity index (χ4v) is 3.73. The zero-order valence-electron chi connectivity index (χ0n) is 18.5.